The van der Waals surface area contributed by atoms with Crippen LogP contribution in [0.25, 0.3) is 0 Å². The molecule has 1 fully saturated rings. The Hall–Kier alpha value is -2.85. The van der Waals surface area contributed by atoms with Gasteiger partial charge < -0.3 is 30.1 Å². The highest BCUT2D eigenvalue weighted by molar-refractivity contribution is 5.79. The Morgan fingerprint density at radius 1 is 1.17 bits per heavy atom. The lowest BCUT2D eigenvalue weighted by Crippen LogP contribution is -2.46. The molecule has 0 aliphatic carbocycles. The van der Waals surface area contributed by atoms with E-state index in [-0.39, 0.29) is 31.1 Å². The molecule has 1 aromatic rings. The summed E-state index contributed by atoms with van der Waals surface area (Å²) in [6.45, 7) is 6.11. The Bertz CT molecular complexity index is 910. The number of nitrogens with zero attached hydrogens (tertiary/aromatic N) is 3. The van der Waals surface area contributed by atoms with Crippen LogP contribution in [0.15, 0.2) is 18.2 Å². The van der Waals surface area contributed by atoms with Crippen LogP contribution in [-0.2, 0) is 14.4 Å². The summed E-state index contributed by atoms with van der Waals surface area (Å²) in [6, 6.07) is 5.12. The molecule has 2 amide bonds. The van der Waals surface area contributed by atoms with E-state index in [1.807, 2.05) is 17.0 Å². The van der Waals surface area contributed by atoms with E-state index in [0.717, 1.165) is 18.4 Å². The SMILES string of the molecule is CCCCN(CCN)C(=O)CN1C[C@H](c2ccc3c(c2)OCO3)C(C(=O)O)[C@@H]1CCN(C)C(C)=O. The van der Waals surface area contributed by atoms with Crippen LogP contribution in [0.2, 0.25) is 0 Å². The summed E-state index contributed by atoms with van der Waals surface area (Å²) in [5.41, 5.74) is 6.58. The molecule has 1 aromatic carbocycles. The zero-order valence-corrected chi connectivity index (χ0v) is 20.9. The van der Waals surface area contributed by atoms with Crippen LogP contribution in [0.4, 0.5) is 0 Å². The first-order valence-electron chi connectivity index (χ1n) is 12.3. The molecular formula is C25H38N4O6. The molecule has 10 nitrogen and oxygen atoms in total. The van der Waals surface area contributed by atoms with Gasteiger partial charge in [0.1, 0.15) is 0 Å². The van der Waals surface area contributed by atoms with Crippen LogP contribution in [0.5, 0.6) is 11.5 Å². The van der Waals surface area contributed by atoms with Crippen LogP contribution in [-0.4, -0.2) is 96.7 Å². The molecule has 0 aromatic heterocycles. The van der Waals surface area contributed by atoms with Crippen LogP contribution in [0, 0.1) is 5.92 Å². The minimum Gasteiger partial charge on any atom is -0.481 e. The Labute approximate surface area is 206 Å². The fourth-order valence-corrected chi connectivity index (χ4v) is 4.96. The number of carboxylic acid groups (broad SMARTS) is 1. The normalized spacial score (nSPS) is 21.2. The Morgan fingerprint density at radius 2 is 1.91 bits per heavy atom. The molecule has 2 heterocycles. The third-order valence-electron chi connectivity index (χ3n) is 7.03. The van der Waals surface area contributed by atoms with Crippen LogP contribution >= 0.6 is 0 Å². The largest absolute Gasteiger partial charge is 0.481 e. The number of amides is 2. The second-order valence-corrected chi connectivity index (χ2v) is 9.33. The van der Waals surface area contributed by atoms with E-state index in [4.69, 9.17) is 15.2 Å². The van der Waals surface area contributed by atoms with Crippen molar-refractivity contribution >= 4 is 17.8 Å². The maximum Gasteiger partial charge on any atom is 0.308 e. The summed E-state index contributed by atoms with van der Waals surface area (Å²) in [7, 11) is 1.70. The minimum absolute atomic E-state index is 0.0516. The first kappa shape index (κ1) is 26.7. The van der Waals surface area contributed by atoms with Gasteiger partial charge in [-0.3, -0.25) is 19.3 Å². The molecule has 3 N–H and O–H groups in total. The van der Waals surface area contributed by atoms with E-state index >= 15 is 0 Å². The Kier molecular flexibility index (Phi) is 9.33. The maximum absolute atomic E-state index is 13.2. The molecule has 3 atom stereocenters. The monoisotopic (exact) mass is 490 g/mol. The first-order chi connectivity index (χ1) is 16.8. The standard InChI is InChI=1S/C25H38N4O6/c1-4-5-10-28(12-9-26)23(31)15-29-14-19(18-6-7-21-22(13-18)35-16-34-21)24(25(32)33)20(29)8-11-27(3)17(2)30/h6-7,13,19-20,24H,4-5,8-12,14-16,26H2,1-3H3,(H,32,33)/t19-,20+,24?/m1/s1. The zero-order valence-electron chi connectivity index (χ0n) is 20.9. The maximum atomic E-state index is 13.2. The molecule has 2 aliphatic heterocycles. The van der Waals surface area contributed by atoms with Gasteiger partial charge in [0.15, 0.2) is 11.5 Å². The van der Waals surface area contributed by atoms with Crippen molar-refractivity contribution in [3.63, 3.8) is 0 Å². The average molecular weight is 491 g/mol. The fourth-order valence-electron chi connectivity index (χ4n) is 4.96. The Morgan fingerprint density at radius 3 is 2.57 bits per heavy atom. The molecule has 0 bridgehead atoms. The van der Waals surface area contributed by atoms with Gasteiger partial charge in [0.25, 0.3) is 0 Å². The lowest BCUT2D eigenvalue weighted by atomic mass is 9.84. The third-order valence-corrected chi connectivity index (χ3v) is 7.03. The van der Waals surface area contributed by atoms with E-state index in [0.29, 0.717) is 50.6 Å². The van der Waals surface area contributed by atoms with E-state index in [9.17, 15) is 19.5 Å². The van der Waals surface area contributed by atoms with Gasteiger partial charge in [0.2, 0.25) is 18.6 Å². The fraction of sp³-hybridized carbons (Fsp3) is 0.640. The molecule has 2 aliphatic rings. The Balaban J connectivity index is 1.87. The predicted molar refractivity (Wildman–Crippen MR) is 130 cm³/mol. The summed E-state index contributed by atoms with van der Waals surface area (Å²) in [5.74, 6) is -0.879. The lowest BCUT2D eigenvalue weighted by molar-refractivity contribution is -0.144. The van der Waals surface area contributed by atoms with Gasteiger partial charge in [0.05, 0.1) is 12.5 Å². The molecule has 10 heteroatoms. The molecule has 3 rings (SSSR count). The smallest absolute Gasteiger partial charge is 0.308 e. The number of hydrogen-bond acceptors (Lipinski definition) is 7. The van der Waals surface area contributed by atoms with Gasteiger partial charge in [-0.25, -0.2) is 0 Å². The molecular weight excluding hydrogens is 452 g/mol. The highest BCUT2D eigenvalue weighted by atomic mass is 16.7. The number of rotatable bonds is 12. The summed E-state index contributed by atoms with van der Waals surface area (Å²) >= 11 is 0. The number of benzene rings is 1. The van der Waals surface area contributed by atoms with Crippen molar-refractivity contribution in [3.8, 4) is 11.5 Å². The van der Waals surface area contributed by atoms with Gasteiger partial charge in [0, 0.05) is 58.7 Å². The van der Waals surface area contributed by atoms with Gasteiger partial charge in [-0.05, 0) is 30.5 Å². The number of hydrogen-bond donors (Lipinski definition) is 2. The zero-order chi connectivity index (χ0) is 25.5. The van der Waals surface area contributed by atoms with Gasteiger partial charge in [-0.1, -0.05) is 19.4 Å². The highest BCUT2D eigenvalue weighted by Crippen LogP contribution is 2.42. The van der Waals surface area contributed by atoms with Crippen LogP contribution in [0.3, 0.4) is 0 Å². The number of fused-ring (bicyclic) bond motifs is 1. The lowest BCUT2D eigenvalue weighted by Gasteiger charge is -2.30. The molecule has 0 spiro atoms. The van der Waals surface area contributed by atoms with E-state index in [1.54, 1.807) is 22.9 Å². The van der Waals surface area contributed by atoms with Crippen LogP contribution < -0.4 is 15.2 Å². The molecule has 35 heavy (non-hydrogen) atoms. The number of unbranched alkanes of at least 4 members (excludes halogenated alkanes) is 1. The predicted octanol–water partition coefficient (Wildman–Crippen LogP) is 1.34. The first-order valence-corrected chi connectivity index (χ1v) is 12.3. The molecule has 1 unspecified atom stereocenters. The summed E-state index contributed by atoms with van der Waals surface area (Å²) < 4.78 is 10.9. The van der Waals surface area contributed by atoms with Gasteiger partial charge in [-0.2, -0.15) is 0 Å². The number of nitrogens with two attached hydrogens (primary N) is 1. The van der Waals surface area contributed by atoms with Gasteiger partial charge in [-0.15, -0.1) is 0 Å². The van der Waals surface area contributed by atoms with Crippen molar-refractivity contribution < 1.29 is 29.0 Å². The average Bonchev–Trinajstić information content (AvgIpc) is 3.43. The van der Waals surface area contributed by atoms with Crippen LogP contribution in [0.1, 0.15) is 44.6 Å². The number of aliphatic carboxylic acids is 1. The third kappa shape index (κ3) is 6.43. The number of carbonyl (C=O) groups excluding carboxylic acids is 2. The second-order valence-electron chi connectivity index (χ2n) is 9.33. The van der Waals surface area contributed by atoms with Crippen molar-refractivity contribution in [3.05, 3.63) is 23.8 Å². The van der Waals surface area contributed by atoms with Crippen molar-refractivity contribution in [2.24, 2.45) is 11.7 Å². The quantitative estimate of drug-likeness (QED) is 0.450. The number of carboxylic acids is 1. The van der Waals surface area contributed by atoms with Crippen molar-refractivity contribution in [2.45, 2.75) is 45.1 Å². The molecule has 1 saturated heterocycles. The second kappa shape index (κ2) is 12.2. The van der Waals surface area contributed by atoms with Gasteiger partial charge >= 0.3 is 5.97 Å². The van der Waals surface area contributed by atoms with Crippen molar-refractivity contribution in [1.82, 2.24) is 14.7 Å². The summed E-state index contributed by atoms with van der Waals surface area (Å²) in [5, 5.41) is 10.3. The number of likely N-dealkylation sites (tertiary alicyclic amines) is 1. The molecule has 0 radical (unpaired) electrons. The van der Waals surface area contributed by atoms with E-state index in [1.165, 1.54) is 6.92 Å². The number of carbonyl (C=O) groups is 3. The summed E-state index contributed by atoms with van der Waals surface area (Å²) in [4.78, 5) is 42.9. The van der Waals surface area contributed by atoms with E-state index < -0.39 is 17.9 Å². The molecule has 0 saturated carbocycles. The van der Waals surface area contributed by atoms with Crippen molar-refractivity contribution in [2.75, 3.05) is 53.1 Å². The van der Waals surface area contributed by atoms with Crippen molar-refractivity contribution in [1.29, 1.82) is 0 Å². The molecule has 194 valence electrons. The number of ether oxygens (including phenoxy) is 2. The van der Waals surface area contributed by atoms with E-state index in [2.05, 4.69) is 6.92 Å². The highest BCUT2D eigenvalue weighted by Gasteiger charge is 2.47. The summed E-state index contributed by atoms with van der Waals surface area (Å²) in [6.07, 6.45) is 2.30. The minimum atomic E-state index is -0.914. The topological polar surface area (TPSA) is 126 Å².